The van der Waals surface area contributed by atoms with Crippen molar-refractivity contribution in [3.8, 4) is 6.01 Å². The van der Waals surface area contributed by atoms with Crippen LogP contribution in [-0.4, -0.2) is 22.1 Å². The van der Waals surface area contributed by atoms with Gasteiger partial charge in [-0.05, 0) is 13.8 Å². The first-order valence-electron chi connectivity index (χ1n) is 5.33. The summed E-state index contributed by atoms with van der Waals surface area (Å²) < 4.78 is 4.96. The van der Waals surface area contributed by atoms with Crippen molar-refractivity contribution in [2.24, 2.45) is 0 Å². The van der Waals surface area contributed by atoms with Gasteiger partial charge in [0.2, 0.25) is 0 Å². The Labute approximate surface area is 114 Å². The normalized spacial score (nSPS) is 10.4. The van der Waals surface area contributed by atoms with Crippen molar-refractivity contribution in [3.63, 3.8) is 0 Å². The first-order chi connectivity index (χ1) is 8.60. The molecule has 0 radical (unpaired) electrons. The summed E-state index contributed by atoms with van der Waals surface area (Å²) in [5.74, 6) is 0.550. The second-order valence-electron chi connectivity index (χ2n) is 3.64. The fourth-order valence-electron chi connectivity index (χ4n) is 1.48. The van der Waals surface area contributed by atoms with Gasteiger partial charge in [0, 0.05) is 4.88 Å². The molecule has 7 heteroatoms. The van der Waals surface area contributed by atoms with E-state index in [0.717, 1.165) is 10.7 Å². The molecule has 0 aliphatic heterocycles. The summed E-state index contributed by atoms with van der Waals surface area (Å²) in [6.45, 7) is 4.61. The number of nitrogens with one attached hydrogen (secondary N) is 1. The summed E-state index contributed by atoms with van der Waals surface area (Å²) in [6.07, 6.45) is 1.51. The van der Waals surface area contributed by atoms with E-state index in [1.807, 2.05) is 13.8 Å². The van der Waals surface area contributed by atoms with Crippen LogP contribution in [-0.2, 0) is 6.54 Å². The van der Waals surface area contributed by atoms with Crippen LogP contribution in [0.15, 0.2) is 6.20 Å². The van der Waals surface area contributed by atoms with Gasteiger partial charge in [0.25, 0.3) is 0 Å². The standard InChI is InChI=1S/C11H13ClN4OS/c1-6-9(15-7(2)18-6)5-13-10-8(12)4-14-11(16-10)17-3/h4H,5H2,1-3H3,(H,13,14,16). The molecule has 0 unspecified atom stereocenters. The molecule has 18 heavy (non-hydrogen) atoms. The second-order valence-corrected chi connectivity index (χ2v) is 5.46. The number of hydrogen-bond acceptors (Lipinski definition) is 6. The maximum absolute atomic E-state index is 6.00. The van der Waals surface area contributed by atoms with E-state index >= 15 is 0 Å². The molecule has 2 aromatic rings. The molecule has 96 valence electrons. The first-order valence-corrected chi connectivity index (χ1v) is 6.53. The van der Waals surface area contributed by atoms with Gasteiger partial charge < -0.3 is 10.1 Å². The van der Waals surface area contributed by atoms with Gasteiger partial charge in [0.1, 0.15) is 5.02 Å². The van der Waals surface area contributed by atoms with Crippen LogP contribution in [0.3, 0.4) is 0 Å². The second kappa shape index (κ2) is 5.49. The molecular formula is C11H13ClN4OS. The molecule has 0 aromatic carbocycles. The van der Waals surface area contributed by atoms with Crippen LogP contribution in [0.25, 0.3) is 0 Å². The average molecular weight is 285 g/mol. The van der Waals surface area contributed by atoms with E-state index in [1.54, 1.807) is 11.3 Å². The van der Waals surface area contributed by atoms with Crippen molar-refractivity contribution >= 4 is 28.8 Å². The van der Waals surface area contributed by atoms with E-state index in [1.165, 1.54) is 18.2 Å². The lowest BCUT2D eigenvalue weighted by Gasteiger charge is -2.07. The van der Waals surface area contributed by atoms with Crippen molar-refractivity contribution in [1.82, 2.24) is 15.0 Å². The zero-order chi connectivity index (χ0) is 13.1. The lowest BCUT2D eigenvalue weighted by Crippen LogP contribution is -2.05. The van der Waals surface area contributed by atoms with E-state index in [2.05, 4.69) is 20.3 Å². The minimum atomic E-state index is 0.285. The van der Waals surface area contributed by atoms with Crippen LogP contribution in [0.4, 0.5) is 5.82 Å². The summed E-state index contributed by atoms with van der Waals surface area (Å²) in [6, 6.07) is 0.285. The maximum atomic E-state index is 6.00. The Bertz CT molecular complexity index is 558. The number of ether oxygens (including phenoxy) is 1. The van der Waals surface area contributed by atoms with E-state index in [-0.39, 0.29) is 6.01 Å². The van der Waals surface area contributed by atoms with Gasteiger partial charge in [-0.15, -0.1) is 11.3 Å². The van der Waals surface area contributed by atoms with Gasteiger partial charge >= 0.3 is 6.01 Å². The first kappa shape index (κ1) is 13.0. The van der Waals surface area contributed by atoms with Gasteiger partial charge in [0.05, 0.1) is 30.6 Å². The molecule has 5 nitrogen and oxygen atoms in total. The molecule has 0 fully saturated rings. The molecule has 0 aliphatic rings. The Morgan fingerprint density at radius 1 is 1.39 bits per heavy atom. The number of rotatable bonds is 4. The fourth-order valence-corrected chi connectivity index (χ4v) is 2.47. The zero-order valence-electron chi connectivity index (χ0n) is 10.3. The number of halogens is 1. The molecule has 0 spiro atoms. The molecule has 0 bridgehead atoms. The summed E-state index contributed by atoms with van der Waals surface area (Å²) in [5.41, 5.74) is 1.01. The lowest BCUT2D eigenvalue weighted by atomic mass is 10.4. The van der Waals surface area contributed by atoms with Crippen molar-refractivity contribution in [3.05, 3.63) is 26.8 Å². The molecule has 1 N–H and O–H groups in total. The highest BCUT2D eigenvalue weighted by Gasteiger charge is 2.08. The van der Waals surface area contributed by atoms with Gasteiger partial charge in [-0.2, -0.15) is 4.98 Å². The largest absolute Gasteiger partial charge is 0.467 e. The Balaban J connectivity index is 2.12. The zero-order valence-corrected chi connectivity index (χ0v) is 11.9. The van der Waals surface area contributed by atoms with E-state index < -0.39 is 0 Å². The van der Waals surface area contributed by atoms with Gasteiger partial charge in [-0.25, -0.2) is 9.97 Å². The van der Waals surface area contributed by atoms with Crippen molar-refractivity contribution in [2.45, 2.75) is 20.4 Å². The molecule has 2 heterocycles. The van der Waals surface area contributed by atoms with E-state index in [4.69, 9.17) is 16.3 Å². The molecule has 2 aromatic heterocycles. The number of nitrogens with zero attached hydrogens (tertiary/aromatic N) is 3. The van der Waals surface area contributed by atoms with Crippen LogP contribution in [0, 0.1) is 13.8 Å². The van der Waals surface area contributed by atoms with Crippen molar-refractivity contribution in [1.29, 1.82) is 0 Å². The SMILES string of the molecule is COc1ncc(Cl)c(NCc2nc(C)sc2C)n1. The summed E-state index contributed by atoms with van der Waals surface area (Å²) in [4.78, 5) is 13.7. The molecule has 2 rings (SSSR count). The molecular weight excluding hydrogens is 272 g/mol. The summed E-state index contributed by atoms with van der Waals surface area (Å²) >= 11 is 7.68. The molecule has 0 saturated carbocycles. The number of hydrogen-bond donors (Lipinski definition) is 1. The predicted octanol–water partition coefficient (Wildman–Crippen LogP) is 2.82. The van der Waals surface area contributed by atoms with Crippen LogP contribution >= 0.6 is 22.9 Å². The van der Waals surface area contributed by atoms with Crippen molar-refractivity contribution < 1.29 is 4.74 Å². The number of anilines is 1. The minimum absolute atomic E-state index is 0.285. The minimum Gasteiger partial charge on any atom is -0.467 e. The summed E-state index contributed by atoms with van der Waals surface area (Å²) in [7, 11) is 1.51. The van der Waals surface area contributed by atoms with Crippen LogP contribution in [0.2, 0.25) is 5.02 Å². The summed E-state index contributed by atoms with van der Waals surface area (Å²) in [5, 5.41) is 4.65. The maximum Gasteiger partial charge on any atom is 0.318 e. The van der Waals surface area contributed by atoms with Gasteiger partial charge in [0.15, 0.2) is 5.82 Å². The number of methoxy groups -OCH3 is 1. The molecule has 0 aliphatic carbocycles. The quantitative estimate of drug-likeness (QED) is 0.935. The molecule has 0 amide bonds. The molecule has 0 atom stereocenters. The third-order valence-corrected chi connectivity index (χ3v) is 3.53. The Morgan fingerprint density at radius 2 is 2.17 bits per heavy atom. The van der Waals surface area contributed by atoms with Gasteiger partial charge in [-0.3, -0.25) is 0 Å². The fraction of sp³-hybridized carbons (Fsp3) is 0.364. The number of aromatic nitrogens is 3. The number of aryl methyl sites for hydroxylation is 2. The highest BCUT2D eigenvalue weighted by Crippen LogP contribution is 2.22. The third-order valence-electron chi connectivity index (χ3n) is 2.33. The smallest absolute Gasteiger partial charge is 0.318 e. The predicted molar refractivity (Wildman–Crippen MR) is 72.5 cm³/mol. The lowest BCUT2D eigenvalue weighted by molar-refractivity contribution is 0.380. The monoisotopic (exact) mass is 284 g/mol. The molecule has 0 saturated heterocycles. The van der Waals surface area contributed by atoms with Crippen LogP contribution < -0.4 is 10.1 Å². The van der Waals surface area contributed by atoms with E-state index in [0.29, 0.717) is 17.4 Å². The third kappa shape index (κ3) is 2.88. The van der Waals surface area contributed by atoms with Gasteiger partial charge in [-0.1, -0.05) is 11.6 Å². The van der Waals surface area contributed by atoms with E-state index in [9.17, 15) is 0 Å². The van der Waals surface area contributed by atoms with Crippen molar-refractivity contribution in [2.75, 3.05) is 12.4 Å². The Morgan fingerprint density at radius 3 is 2.78 bits per heavy atom. The van der Waals surface area contributed by atoms with Crippen LogP contribution in [0.5, 0.6) is 6.01 Å². The Hall–Kier alpha value is -1.40. The number of thiazole rings is 1. The topological polar surface area (TPSA) is 59.9 Å². The highest BCUT2D eigenvalue weighted by atomic mass is 35.5. The average Bonchev–Trinajstić information content (AvgIpc) is 2.67. The van der Waals surface area contributed by atoms with Crippen LogP contribution in [0.1, 0.15) is 15.6 Å². The highest BCUT2D eigenvalue weighted by molar-refractivity contribution is 7.11. The Kier molecular flexibility index (Phi) is 3.98.